The second kappa shape index (κ2) is 6.93. The minimum Gasteiger partial charge on any atom is -0.402 e. The van der Waals surface area contributed by atoms with Crippen LogP contribution >= 0.6 is 0 Å². The topological polar surface area (TPSA) is 90.8 Å². The van der Waals surface area contributed by atoms with Gasteiger partial charge in [-0.3, -0.25) is 0 Å². The van der Waals surface area contributed by atoms with Gasteiger partial charge in [-0.1, -0.05) is 15.5 Å². The zero-order valence-corrected chi connectivity index (χ0v) is 11.4. The minimum absolute atomic E-state index is 0.151. The first-order valence-electron chi connectivity index (χ1n) is 5.56. The van der Waals surface area contributed by atoms with E-state index in [-0.39, 0.29) is 17.2 Å². The molecule has 106 valence electrons. The van der Waals surface area contributed by atoms with Crippen LogP contribution in [0.4, 0.5) is 0 Å². The summed E-state index contributed by atoms with van der Waals surface area (Å²) in [5.74, 6) is 0.644. The van der Waals surface area contributed by atoms with E-state index >= 15 is 0 Å². The molecule has 0 aliphatic heterocycles. The van der Waals surface area contributed by atoms with Crippen LogP contribution in [0.15, 0.2) is 33.3 Å². The molecule has 7 heteroatoms. The van der Waals surface area contributed by atoms with Gasteiger partial charge in [0.1, 0.15) is 0 Å². The fraction of sp³-hybridized carbons (Fsp3) is 0.154. The van der Waals surface area contributed by atoms with Crippen LogP contribution in [0.3, 0.4) is 0 Å². The lowest BCUT2D eigenvalue weighted by Crippen LogP contribution is -2.00. The van der Waals surface area contributed by atoms with Gasteiger partial charge in [0.05, 0.1) is 0 Å². The molecule has 0 bridgehead atoms. The third-order valence-electron chi connectivity index (χ3n) is 2.55. The number of nitrogens with zero attached hydrogens (tertiary/aromatic N) is 3. The van der Waals surface area contributed by atoms with Crippen molar-refractivity contribution in [1.82, 2.24) is 0 Å². The summed E-state index contributed by atoms with van der Waals surface area (Å²) in [6, 6.07) is 3.34. The normalized spacial score (nSPS) is 11.1. The number of hydrogen-bond acceptors (Lipinski definition) is 7. The summed E-state index contributed by atoms with van der Waals surface area (Å²) in [5.41, 5.74) is 7.86. The van der Waals surface area contributed by atoms with Crippen LogP contribution in [0.1, 0.15) is 19.4 Å². The van der Waals surface area contributed by atoms with E-state index < -0.39 is 0 Å². The smallest absolute Gasteiger partial charge is 0.248 e. The number of allylic oxidation sites excluding steroid dienone is 2. The van der Waals surface area contributed by atoms with Crippen LogP contribution in [-0.4, -0.2) is 20.2 Å². The van der Waals surface area contributed by atoms with Gasteiger partial charge in [0.2, 0.25) is 17.2 Å². The Bertz CT molecular complexity index is 563. The summed E-state index contributed by atoms with van der Waals surface area (Å²) in [7, 11) is 0. The molecule has 0 aliphatic rings. The molecule has 0 radical (unpaired) electrons. The van der Waals surface area contributed by atoms with Gasteiger partial charge in [0.15, 0.2) is 0 Å². The molecule has 20 heavy (non-hydrogen) atoms. The lowest BCUT2D eigenvalue weighted by atomic mass is 10.0. The average Bonchev–Trinajstić information content (AvgIpc) is 2.42. The molecule has 0 aliphatic carbocycles. The quantitative estimate of drug-likeness (QED) is 0.611. The summed E-state index contributed by atoms with van der Waals surface area (Å²) < 4.78 is 0. The van der Waals surface area contributed by atoms with Crippen molar-refractivity contribution in [2.75, 3.05) is 0 Å². The summed E-state index contributed by atoms with van der Waals surface area (Å²) in [6.07, 6.45) is 0. The van der Waals surface area contributed by atoms with Crippen molar-refractivity contribution in [2.45, 2.75) is 13.8 Å². The Hall–Kier alpha value is -2.83. The van der Waals surface area contributed by atoms with E-state index in [1.807, 2.05) is 6.92 Å². The highest BCUT2D eigenvalue weighted by Crippen LogP contribution is 2.43. The van der Waals surface area contributed by atoms with Crippen molar-refractivity contribution in [2.24, 2.45) is 21.2 Å². The molecular weight excluding hydrogens is 260 g/mol. The van der Waals surface area contributed by atoms with Crippen molar-refractivity contribution < 1.29 is 14.5 Å². The van der Waals surface area contributed by atoms with Crippen LogP contribution in [-0.2, 0) is 0 Å². The highest BCUT2D eigenvalue weighted by molar-refractivity contribution is 5.75. The van der Waals surface area contributed by atoms with Crippen molar-refractivity contribution in [1.29, 1.82) is 0 Å². The highest BCUT2D eigenvalue weighted by atomic mass is 16.7. The van der Waals surface area contributed by atoms with E-state index in [1.54, 1.807) is 19.1 Å². The van der Waals surface area contributed by atoms with E-state index in [4.69, 9.17) is 20.2 Å². The zero-order chi connectivity index (χ0) is 15.1. The van der Waals surface area contributed by atoms with Crippen molar-refractivity contribution in [3.05, 3.63) is 23.4 Å². The number of nitrogens with two attached hydrogens (primary N) is 1. The molecule has 1 aromatic rings. The van der Waals surface area contributed by atoms with Gasteiger partial charge in [-0.2, -0.15) is 0 Å². The minimum atomic E-state index is 0.151. The molecule has 0 aromatic heterocycles. The van der Waals surface area contributed by atoms with Gasteiger partial charge in [-0.05, 0) is 31.6 Å². The Morgan fingerprint density at radius 1 is 0.950 bits per heavy atom. The van der Waals surface area contributed by atoms with Gasteiger partial charge in [0, 0.05) is 31.4 Å². The van der Waals surface area contributed by atoms with Gasteiger partial charge in [-0.15, -0.1) is 0 Å². The Morgan fingerprint density at radius 3 is 2.00 bits per heavy atom. The second-order valence-corrected chi connectivity index (χ2v) is 3.74. The Labute approximate surface area is 117 Å². The molecule has 0 spiro atoms. The molecule has 0 heterocycles. The number of hydrogen-bond donors (Lipinski definition) is 1. The lowest BCUT2D eigenvalue weighted by molar-refractivity contribution is 0.263. The molecule has 7 nitrogen and oxygen atoms in total. The molecule has 0 amide bonds. The fourth-order valence-corrected chi connectivity index (χ4v) is 1.50. The standard InChI is InChI=1S/C13H16N4O3/c1-8(9(2)14)10-6-7-11(18-15-3)13(20-17-5)12(10)19-16-4/h6-7H,3-5,14H2,1-2H3/b9-8+. The molecular formula is C13H16N4O3. The summed E-state index contributed by atoms with van der Waals surface area (Å²) >= 11 is 0. The molecule has 1 aromatic carbocycles. The predicted molar refractivity (Wildman–Crippen MR) is 79.4 cm³/mol. The summed E-state index contributed by atoms with van der Waals surface area (Å²) in [4.78, 5) is 15.2. The number of oxime groups is 3. The molecule has 2 N–H and O–H groups in total. The molecule has 0 fully saturated rings. The third kappa shape index (κ3) is 3.14. The van der Waals surface area contributed by atoms with Crippen molar-refractivity contribution in [3.63, 3.8) is 0 Å². The molecule has 0 saturated heterocycles. The Morgan fingerprint density at radius 2 is 1.50 bits per heavy atom. The highest BCUT2D eigenvalue weighted by Gasteiger charge is 2.21. The van der Waals surface area contributed by atoms with Crippen LogP contribution < -0.4 is 20.2 Å². The second-order valence-electron chi connectivity index (χ2n) is 3.74. The van der Waals surface area contributed by atoms with Crippen LogP contribution in [0.25, 0.3) is 5.57 Å². The van der Waals surface area contributed by atoms with E-state index in [0.29, 0.717) is 11.3 Å². The number of rotatable bonds is 7. The molecule has 1 rings (SSSR count). The van der Waals surface area contributed by atoms with Gasteiger partial charge in [0.25, 0.3) is 0 Å². The van der Waals surface area contributed by atoms with Crippen molar-refractivity contribution in [3.8, 4) is 17.2 Å². The first-order valence-corrected chi connectivity index (χ1v) is 5.56. The number of benzene rings is 1. The van der Waals surface area contributed by atoms with Crippen LogP contribution in [0.5, 0.6) is 17.2 Å². The molecule has 0 unspecified atom stereocenters. The first-order chi connectivity index (χ1) is 9.56. The first kappa shape index (κ1) is 15.2. The molecule has 0 atom stereocenters. The Kier molecular flexibility index (Phi) is 5.28. The maximum absolute atomic E-state index is 5.80. The van der Waals surface area contributed by atoms with Crippen LogP contribution in [0, 0.1) is 0 Å². The zero-order valence-electron chi connectivity index (χ0n) is 11.4. The average molecular weight is 276 g/mol. The SMILES string of the molecule is C=NOc1ccc(/C(C)=C(\C)N)c(ON=C)c1ON=C. The van der Waals surface area contributed by atoms with Crippen LogP contribution in [0.2, 0.25) is 0 Å². The third-order valence-corrected chi connectivity index (χ3v) is 2.55. The summed E-state index contributed by atoms with van der Waals surface area (Å²) in [5, 5.41) is 10.1. The fourth-order valence-electron chi connectivity index (χ4n) is 1.50. The van der Waals surface area contributed by atoms with Gasteiger partial charge >= 0.3 is 0 Å². The van der Waals surface area contributed by atoms with E-state index in [1.165, 1.54) is 0 Å². The summed E-state index contributed by atoms with van der Waals surface area (Å²) in [6.45, 7) is 13.4. The maximum atomic E-state index is 5.80. The predicted octanol–water partition coefficient (Wildman–Crippen LogP) is 2.38. The largest absolute Gasteiger partial charge is 0.402 e. The Balaban J connectivity index is 3.58. The van der Waals surface area contributed by atoms with Crippen molar-refractivity contribution >= 4 is 25.7 Å². The van der Waals surface area contributed by atoms with Gasteiger partial charge in [-0.25, -0.2) is 0 Å². The monoisotopic (exact) mass is 276 g/mol. The van der Waals surface area contributed by atoms with E-state index in [9.17, 15) is 0 Å². The van der Waals surface area contributed by atoms with E-state index in [2.05, 4.69) is 35.6 Å². The molecule has 0 saturated carbocycles. The van der Waals surface area contributed by atoms with E-state index in [0.717, 1.165) is 5.57 Å². The lowest BCUT2D eigenvalue weighted by Gasteiger charge is -2.14. The maximum Gasteiger partial charge on any atom is 0.248 e. The van der Waals surface area contributed by atoms with Gasteiger partial charge < -0.3 is 20.2 Å².